The summed E-state index contributed by atoms with van der Waals surface area (Å²) in [6, 6.07) is 8.65. The maximum absolute atomic E-state index is 14.3. The number of amides is 1. The summed E-state index contributed by atoms with van der Waals surface area (Å²) in [6.45, 7) is 1.88. The standard InChI is InChI=1S/C19H17Cl2FN2O2/c1-9-2-3-10(8-23-9)16-17(15-7-14(22)18(16)26-15)19(25)24-11-4-5-12(20)13(21)6-11/h2-6,8,14-18H,7H2,1H3,(H,24,25)/t14-,15-,16-,17+,18+/m1/s1. The van der Waals surface area contributed by atoms with Crippen molar-refractivity contribution in [2.75, 3.05) is 5.32 Å². The fourth-order valence-electron chi connectivity index (χ4n) is 3.88. The molecule has 2 aliphatic heterocycles. The number of aromatic nitrogens is 1. The summed E-state index contributed by atoms with van der Waals surface area (Å²) in [6.07, 6.45) is -0.186. The number of anilines is 1. The van der Waals surface area contributed by atoms with E-state index in [0.717, 1.165) is 11.3 Å². The summed E-state index contributed by atoms with van der Waals surface area (Å²) in [7, 11) is 0. The number of pyridine rings is 1. The molecule has 2 aliphatic rings. The van der Waals surface area contributed by atoms with Crippen LogP contribution in [-0.4, -0.2) is 29.3 Å². The predicted molar refractivity (Wildman–Crippen MR) is 98.5 cm³/mol. The molecule has 4 nitrogen and oxygen atoms in total. The molecule has 4 rings (SSSR count). The van der Waals surface area contributed by atoms with Crippen molar-refractivity contribution in [1.29, 1.82) is 0 Å². The first-order valence-corrected chi connectivity index (χ1v) is 9.17. The number of alkyl halides is 1. The molecule has 0 saturated carbocycles. The quantitative estimate of drug-likeness (QED) is 0.830. The Hall–Kier alpha value is -1.69. The third kappa shape index (κ3) is 3.08. The van der Waals surface area contributed by atoms with Crippen LogP contribution in [0.3, 0.4) is 0 Å². The van der Waals surface area contributed by atoms with Crippen LogP contribution in [0.4, 0.5) is 10.1 Å². The molecule has 0 radical (unpaired) electrons. The molecule has 2 saturated heterocycles. The summed E-state index contributed by atoms with van der Waals surface area (Å²) in [4.78, 5) is 17.2. The van der Waals surface area contributed by atoms with Gasteiger partial charge in [0.05, 0.1) is 28.2 Å². The van der Waals surface area contributed by atoms with Crippen molar-refractivity contribution >= 4 is 34.8 Å². The fraction of sp³-hybridized carbons (Fsp3) is 0.368. The van der Waals surface area contributed by atoms with E-state index in [0.29, 0.717) is 15.7 Å². The Morgan fingerprint density at radius 3 is 2.77 bits per heavy atom. The molecule has 2 fully saturated rings. The van der Waals surface area contributed by atoms with Gasteiger partial charge in [-0.2, -0.15) is 0 Å². The summed E-state index contributed by atoms with van der Waals surface area (Å²) in [5.41, 5.74) is 2.23. The molecule has 0 aliphatic carbocycles. The Bertz CT molecular complexity index is 846. The molecule has 1 N–H and O–H groups in total. The SMILES string of the molecule is Cc1ccc([C@H]2[C@H]3O[C@H](C[C@H]3F)[C@@H]2C(=O)Nc2ccc(Cl)c(Cl)c2)cn1. The van der Waals surface area contributed by atoms with Crippen molar-refractivity contribution in [3.8, 4) is 0 Å². The van der Waals surface area contributed by atoms with Crippen molar-refractivity contribution in [1.82, 2.24) is 4.98 Å². The summed E-state index contributed by atoms with van der Waals surface area (Å²) in [5, 5.41) is 3.63. The molecule has 7 heteroatoms. The van der Waals surface area contributed by atoms with E-state index in [1.54, 1.807) is 24.4 Å². The van der Waals surface area contributed by atoms with Gasteiger partial charge in [-0.3, -0.25) is 9.78 Å². The van der Waals surface area contributed by atoms with Crippen LogP contribution in [0.5, 0.6) is 0 Å². The molecule has 5 atom stereocenters. The van der Waals surface area contributed by atoms with E-state index in [1.807, 2.05) is 19.1 Å². The highest BCUT2D eigenvalue weighted by Crippen LogP contribution is 2.50. The van der Waals surface area contributed by atoms with E-state index in [1.165, 1.54) is 0 Å². The number of nitrogens with zero attached hydrogens (tertiary/aromatic N) is 1. The maximum atomic E-state index is 14.3. The van der Waals surface area contributed by atoms with E-state index in [9.17, 15) is 9.18 Å². The molecule has 2 bridgehead atoms. The number of halogens is 3. The average Bonchev–Trinajstić information content (AvgIpc) is 3.16. The Balaban J connectivity index is 1.61. The van der Waals surface area contributed by atoms with Crippen LogP contribution in [-0.2, 0) is 9.53 Å². The molecule has 0 unspecified atom stereocenters. The zero-order valence-electron chi connectivity index (χ0n) is 14.0. The number of hydrogen-bond donors (Lipinski definition) is 1. The van der Waals surface area contributed by atoms with Gasteiger partial charge in [-0.15, -0.1) is 0 Å². The summed E-state index contributed by atoms with van der Waals surface area (Å²) < 4.78 is 20.1. The molecule has 2 aromatic rings. The zero-order chi connectivity index (χ0) is 18.4. The van der Waals surface area contributed by atoms with Gasteiger partial charge in [0.1, 0.15) is 6.17 Å². The topological polar surface area (TPSA) is 51.2 Å². The van der Waals surface area contributed by atoms with Crippen LogP contribution in [0.25, 0.3) is 0 Å². The van der Waals surface area contributed by atoms with Crippen molar-refractivity contribution in [3.63, 3.8) is 0 Å². The van der Waals surface area contributed by atoms with E-state index < -0.39 is 24.3 Å². The second-order valence-electron chi connectivity index (χ2n) is 6.79. The predicted octanol–water partition coefficient (Wildman–Crippen LogP) is 4.54. The minimum absolute atomic E-state index is 0.214. The second-order valence-corrected chi connectivity index (χ2v) is 7.61. The van der Waals surface area contributed by atoms with Crippen LogP contribution in [0.15, 0.2) is 36.5 Å². The molecule has 0 spiro atoms. The van der Waals surface area contributed by atoms with Gasteiger partial charge >= 0.3 is 0 Å². The Morgan fingerprint density at radius 2 is 2.08 bits per heavy atom. The van der Waals surface area contributed by atoms with Crippen LogP contribution < -0.4 is 5.32 Å². The molecule has 136 valence electrons. The molecule has 26 heavy (non-hydrogen) atoms. The second kappa shape index (κ2) is 6.80. The van der Waals surface area contributed by atoms with Crippen molar-refractivity contribution in [3.05, 3.63) is 57.8 Å². The van der Waals surface area contributed by atoms with Crippen LogP contribution >= 0.6 is 23.2 Å². The third-order valence-electron chi connectivity index (χ3n) is 5.10. The largest absolute Gasteiger partial charge is 0.370 e. The van der Waals surface area contributed by atoms with Gasteiger partial charge in [-0.1, -0.05) is 29.3 Å². The number of ether oxygens (including phenoxy) is 1. The van der Waals surface area contributed by atoms with E-state index in [-0.39, 0.29) is 18.2 Å². The van der Waals surface area contributed by atoms with E-state index in [2.05, 4.69) is 10.3 Å². The highest BCUT2D eigenvalue weighted by molar-refractivity contribution is 6.42. The number of aryl methyl sites for hydroxylation is 1. The Morgan fingerprint density at radius 1 is 1.27 bits per heavy atom. The Kier molecular flexibility index (Phi) is 4.63. The maximum Gasteiger partial charge on any atom is 0.230 e. The number of benzene rings is 1. The average molecular weight is 395 g/mol. The molecular weight excluding hydrogens is 378 g/mol. The molecule has 1 aromatic carbocycles. The van der Waals surface area contributed by atoms with Crippen molar-refractivity contribution in [2.24, 2.45) is 5.92 Å². The third-order valence-corrected chi connectivity index (χ3v) is 5.84. The monoisotopic (exact) mass is 394 g/mol. The van der Waals surface area contributed by atoms with Crippen LogP contribution in [0, 0.1) is 12.8 Å². The van der Waals surface area contributed by atoms with Crippen LogP contribution in [0.2, 0.25) is 10.0 Å². The fourth-order valence-corrected chi connectivity index (χ4v) is 4.18. The minimum Gasteiger partial charge on any atom is -0.370 e. The minimum atomic E-state index is -1.07. The van der Waals surface area contributed by atoms with Crippen LogP contribution in [0.1, 0.15) is 23.6 Å². The number of nitrogens with one attached hydrogen (secondary N) is 1. The molecule has 1 amide bonds. The number of hydrogen-bond acceptors (Lipinski definition) is 3. The first-order chi connectivity index (χ1) is 12.4. The highest BCUT2D eigenvalue weighted by atomic mass is 35.5. The number of rotatable bonds is 3. The summed E-state index contributed by atoms with van der Waals surface area (Å²) in [5.74, 6) is -1.06. The smallest absolute Gasteiger partial charge is 0.230 e. The van der Waals surface area contributed by atoms with Gasteiger partial charge in [0.2, 0.25) is 5.91 Å². The van der Waals surface area contributed by atoms with E-state index >= 15 is 0 Å². The van der Waals surface area contributed by atoms with Gasteiger partial charge in [-0.05, 0) is 36.8 Å². The lowest BCUT2D eigenvalue weighted by atomic mass is 9.74. The van der Waals surface area contributed by atoms with Crippen molar-refractivity contribution in [2.45, 2.75) is 37.6 Å². The molecular formula is C19H17Cl2FN2O2. The lowest BCUT2D eigenvalue weighted by Gasteiger charge is -2.29. The van der Waals surface area contributed by atoms with Gasteiger partial charge in [0.15, 0.2) is 0 Å². The van der Waals surface area contributed by atoms with Gasteiger partial charge in [0, 0.05) is 29.9 Å². The van der Waals surface area contributed by atoms with Crippen molar-refractivity contribution < 1.29 is 13.9 Å². The molecule has 3 heterocycles. The van der Waals surface area contributed by atoms with E-state index in [4.69, 9.17) is 27.9 Å². The zero-order valence-corrected chi connectivity index (χ0v) is 15.5. The number of carbonyl (C=O) groups excluding carboxylic acids is 1. The van der Waals surface area contributed by atoms with Gasteiger partial charge in [-0.25, -0.2) is 4.39 Å². The lowest BCUT2D eigenvalue weighted by Crippen LogP contribution is -2.39. The lowest BCUT2D eigenvalue weighted by molar-refractivity contribution is -0.121. The number of carbonyl (C=O) groups is 1. The first kappa shape index (κ1) is 17.7. The normalized spacial score (nSPS) is 29.8. The first-order valence-electron chi connectivity index (χ1n) is 8.42. The Labute approximate surface area is 160 Å². The summed E-state index contributed by atoms with van der Waals surface area (Å²) >= 11 is 11.9. The highest BCUT2D eigenvalue weighted by Gasteiger charge is 2.57. The number of fused-ring (bicyclic) bond motifs is 2. The van der Waals surface area contributed by atoms with Gasteiger partial charge in [0.25, 0.3) is 0 Å². The molecule has 1 aromatic heterocycles. The van der Waals surface area contributed by atoms with Gasteiger partial charge < -0.3 is 10.1 Å².